The number of aliphatic hydroxyl groups is 2. The lowest BCUT2D eigenvalue weighted by atomic mass is 9.60. The van der Waals surface area contributed by atoms with E-state index in [0.29, 0.717) is 11.7 Å². The van der Waals surface area contributed by atoms with Crippen LogP contribution in [-0.2, 0) is 16.1 Å². The average molecular weight is 513 g/mol. The number of carbonyl (C=O) groups is 1. The molecule has 2 saturated carbocycles. The molecule has 1 amide bonds. The van der Waals surface area contributed by atoms with E-state index in [9.17, 15) is 15.0 Å². The highest BCUT2D eigenvalue weighted by molar-refractivity contribution is 8.11. The Hall–Kier alpha value is -1.97. The zero-order chi connectivity index (χ0) is 24.8. The fourth-order valence-corrected chi connectivity index (χ4v) is 7.59. The molecule has 2 aliphatic carbocycles. The van der Waals surface area contributed by atoms with Crippen LogP contribution in [0.15, 0.2) is 51.8 Å². The second kappa shape index (κ2) is 9.48. The molecule has 35 heavy (non-hydrogen) atoms. The molecule has 0 saturated heterocycles. The lowest BCUT2D eigenvalue weighted by Gasteiger charge is -2.45. The molecule has 1 aliphatic heterocycles. The molecule has 2 unspecified atom stereocenters. The summed E-state index contributed by atoms with van der Waals surface area (Å²) in [5.41, 5.74) is 3.62. The molecular weight excluding hydrogens is 480 g/mol. The standard InChI is InChI=1S/C27H32N2O4S2/c1-16-17(2)21(11-31)35-23(19(16)10-30)20-13-34-25(28-20)29-24(32)26(3)14-27(15-26)9-22(27)33-12-18-7-5-4-6-8-18/h4-8,13,16,22,30-31H,9-12,14-15H2,1-3H3,(H,28,29,32). The molecule has 5 rings (SSSR count). The molecule has 2 atom stereocenters. The Morgan fingerprint density at radius 3 is 2.66 bits per heavy atom. The second-order valence-electron chi connectivity index (χ2n) is 10.4. The lowest BCUT2D eigenvalue weighted by molar-refractivity contribution is -0.135. The topological polar surface area (TPSA) is 91.7 Å². The molecule has 186 valence electrons. The number of nitrogens with zero attached hydrogens (tertiary/aromatic N) is 1. The predicted octanol–water partition coefficient (Wildman–Crippen LogP) is 5.21. The minimum atomic E-state index is -0.412. The van der Waals surface area contributed by atoms with Crippen molar-refractivity contribution < 1.29 is 19.7 Å². The van der Waals surface area contributed by atoms with Gasteiger partial charge in [-0.2, -0.15) is 0 Å². The van der Waals surface area contributed by atoms with Crippen LogP contribution in [0.5, 0.6) is 0 Å². The molecule has 1 aromatic carbocycles. The van der Waals surface area contributed by atoms with Crippen LogP contribution in [0.4, 0.5) is 5.13 Å². The number of thioether (sulfide) groups is 1. The average Bonchev–Trinajstić information content (AvgIpc) is 3.34. The van der Waals surface area contributed by atoms with Gasteiger partial charge in [-0.25, -0.2) is 4.98 Å². The summed E-state index contributed by atoms with van der Waals surface area (Å²) in [5.74, 6) is 0.0457. The van der Waals surface area contributed by atoms with Gasteiger partial charge in [-0.15, -0.1) is 11.3 Å². The Morgan fingerprint density at radius 1 is 1.23 bits per heavy atom. The number of ether oxygens (including phenoxy) is 1. The first-order chi connectivity index (χ1) is 16.8. The van der Waals surface area contributed by atoms with Gasteiger partial charge in [0.15, 0.2) is 5.13 Å². The Labute approximate surface area is 214 Å². The van der Waals surface area contributed by atoms with Gasteiger partial charge in [0, 0.05) is 31.9 Å². The van der Waals surface area contributed by atoms with Crippen molar-refractivity contribution in [3.8, 4) is 0 Å². The van der Waals surface area contributed by atoms with Crippen molar-refractivity contribution in [2.75, 3.05) is 18.5 Å². The largest absolute Gasteiger partial charge is 0.392 e. The summed E-state index contributed by atoms with van der Waals surface area (Å²) in [6.45, 7) is 6.58. The number of hydrogen-bond acceptors (Lipinski definition) is 7. The first kappa shape index (κ1) is 24.7. The van der Waals surface area contributed by atoms with E-state index in [1.54, 1.807) is 0 Å². The minimum Gasteiger partial charge on any atom is -0.392 e. The number of anilines is 1. The van der Waals surface area contributed by atoms with E-state index in [1.165, 1.54) is 28.7 Å². The van der Waals surface area contributed by atoms with Gasteiger partial charge in [-0.05, 0) is 37.3 Å². The quantitative estimate of drug-likeness (QED) is 0.450. The zero-order valence-electron chi connectivity index (χ0n) is 20.3. The number of rotatable bonds is 8. The van der Waals surface area contributed by atoms with Crippen LogP contribution < -0.4 is 5.32 Å². The zero-order valence-corrected chi connectivity index (χ0v) is 22.0. The number of aliphatic hydroxyl groups excluding tert-OH is 2. The monoisotopic (exact) mass is 512 g/mol. The Kier molecular flexibility index (Phi) is 6.70. The summed E-state index contributed by atoms with van der Waals surface area (Å²) in [7, 11) is 0. The number of allylic oxidation sites excluding steroid dienone is 1. The molecule has 8 heteroatoms. The van der Waals surface area contributed by atoms with Crippen LogP contribution in [0, 0.1) is 16.7 Å². The highest BCUT2D eigenvalue weighted by Crippen LogP contribution is 2.69. The summed E-state index contributed by atoms with van der Waals surface area (Å²) in [4.78, 5) is 19.6. The molecule has 1 spiro atoms. The number of amides is 1. The van der Waals surface area contributed by atoms with E-state index in [4.69, 9.17) is 4.74 Å². The number of hydrogen-bond donors (Lipinski definition) is 3. The highest BCUT2D eigenvalue weighted by atomic mass is 32.2. The van der Waals surface area contributed by atoms with Crippen molar-refractivity contribution in [3.63, 3.8) is 0 Å². The van der Waals surface area contributed by atoms with Crippen molar-refractivity contribution in [1.82, 2.24) is 4.98 Å². The molecule has 2 fully saturated rings. The summed E-state index contributed by atoms with van der Waals surface area (Å²) in [5, 5.41) is 25.3. The van der Waals surface area contributed by atoms with Crippen LogP contribution in [0.25, 0.3) is 4.91 Å². The lowest BCUT2D eigenvalue weighted by Crippen LogP contribution is -2.47. The van der Waals surface area contributed by atoms with E-state index in [-0.39, 0.29) is 36.6 Å². The highest BCUT2D eigenvalue weighted by Gasteiger charge is 2.68. The first-order valence-electron chi connectivity index (χ1n) is 12.0. The summed E-state index contributed by atoms with van der Waals surface area (Å²) in [6, 6.07) is 10.2. The van der Waals surface area contributed by atoms with Crippen molar-refractivity contribution in [3.05, 3.63) is 63.0 Å². The van der Waals surface area contributed by atoms with Crippen LogP contribution >= 0.6 is 23.1 Å². The smallest absolute Gasteiger partial charge is 0.232 e. The van der Waals surface area contributed by atoms with Gasteiger partial charge in [0.05, 0.1) is 31.6 Å². The molecule has 1 aromatic heterocycles. The molecule has 2 heterocycles. The van der Waals surface area contributed by atoms with Crippen molar-refractivity contribution in [2.45, 2.75) is 52.7 Å². The molecule has 3 N–H and O–H groups in total. The van der Waals surface area contributed by atoms with Crippen LogP contribution in [0.3, 0.4) is 0 Å². The number of aromatic nitrogens is 1. The van der Waals surface area contributed by atoms with Crippen molar-refractivity contribution in [2.24, 2.45) is 16.7 Å². The van der Waals surface area contributed by atoms with Crippen molar-refractivity contribution in [1.29, 1.82) is 0 Å². The van der Waals surface area contributed by atoms with E-state index in [0.717, 1.165) is 45.9 Å². The predicted molar refractivity (Wildman–Crippen MR) is 141 cm³/mol. The van der Waals surface area contributed by atoms with Gasteiger partial charge in [-0.1, -0.05) is 61.5 Å². The van der Waals surface area contributed by atoms with Gasteiger partial charge < -0.3 is 20.3 Å². The number of benzene rings is 1. The summed E-state index contributed by atoms with van der Waals surface area (Å²) in [6.07, 6.45) is 2.93. The van der Waals surface area contributed by atoms with E-state index < -0.39 is 5.41 Å². The third-order valence-electron chi connectivity index (χ3n) is 7.84. The van der Waals surface area contributed by atoms with Crippen LogP contribution in [0.2, 0.25) is 0 Å². The Balaban J connectivity index is 1.19. The first-order valence-corrected chi connectivity index (χ1v) is 13.7. The van der Waals surface area contributed by atoms with Gasteiger partial charge in [-0.3, -0.25) is 4.79 Å². The molecule has 0 radical (unpaired) electrons. The van der Waals surface area contributed by atoms with Gasteiger partial charge in [0.1, 0.15) is 0 Å². The summed E-state index contributed by atoms with van der Waals surface area (Å²) < 4.78 is 6.12. The summed E-state index contributed by atoms with van der Waals surface area (Å²) >= 11 is 2.85. The minimum absolute atomic E-state index is 0.00514. The molecule has 3 aliphatic rings. The molecule has 2 aromatic rings. The maximum absolute atomic E-state index is 13.1. The Bertz CT molecular complexity index is 1180. The maximum atomic E-state index is 13.1. The fourth-order valence-electron chi connectivity index (χ4n) is 5.59. The van der Waals surface area contributed by atoms with E-state index >= 15 is 0 Å². The number of carbonyl (C=O) groups excluding carboxylic acids is 1. The number of nitrogens with one attached hydrogen (secondary N) is 1. The number of thiazole rings is 1. The Morgan fingerprint density at radius 2 is 1.97 bits per heavy atom. The maximum Gasteiger partial charge on any atom is 0.232 e. The van der Waals surface area contributed by atoms with E-state index in [2.05, 4.69) is 22.4 Å². The third kappa shape index (κ3) is 4.62. The second-order valence-corrected chi connectivity index (χ2v) is 12.3. The van der Waals surface area contributed by atoms with Crippen LogP contribution in [0.1, 0.15) is 51.3 Å². The van der Waals surface area contributed by atoms with E-state index in [1.807, 2.05) is 44.4 Å². The van der Waals surface area contributed by atoms with Gasteiger partial charge in [0.2, 0.25) is 5.91 Å². The van der Waals surface area contributed by atoms with Gasteiger partial charge in [0.25, 0.3) is 0 Å². The molecule has 0 bridgehead atoms. The van der Waals surface area contributed by atoms with Crippen LogP contribution in [-0.4, -0.2) is 40.4 Å². The SMILES string of the molecule is CC1=C(CO)SC(c2csc(NC(=O)C3(C)CC4(CC4OCc4ccccc4)C3)n2)=C(CO)C1C. The fraction of sp³-hybridized carbons (Fsp3) is 0.481. The normalized spacial score (nSPS) is 30.0. The molecule has 6 nitrogen and oxygen atoms in total. The molecular formula is C27H32N2O4S2. The van der Waals surface area contributed by atoms with Crippen molar-refractivity contribution >= 4 is 39.0 Å². The van der Waals surface area contributed by atoms with Gasteiger partial charge >= 0.3 is 0 Å². The third-order valence-corrected chi connectivity index (χ3v) is 9.97.